The third-order valence-electron chi connectivity index (χ3n) is 5.42. The van der Waals surface area contributed by atoms with Crippen molar-refractivity contribution in [2.24, 2.45) is 0 Å². The van der Waals surface area contributed by atoms with Crippen molar-refractivity contribution in [1.29, 1.82) is 0 Å². The van der Waals surface area contributed by atoms with Crippen LogP contribution in [0.15, 0.2) is 24.3 Å². The molecule has 0 N–H and O–H groups in total. The van der Waals surface area contributed by atoms with Crippen LogP contribution in [0.1, 0.15) is 65.0 Å². The Morgan fingerprint density at radius 1 is 1.32 bits per heavy atom. The van der Waals surface area contributed by atoms with Crippen molar-refractivity contribution in [1.82, 2.24) is 4.90 Å². The first-order chi connectivity index (χ1) is 13.2. The molecule has 2 aliphatic heterocycles. The monoisotopic (exact) mass is 393 g/mol. The van der Waals surface area contributed by atoms with E-state index in [9.17, 15) is 9.18 Å². The van der Waals surface area contributed by atoms with Crippen LogP contribution >= 0.6 is 0 Å². The first kappa shape index (κ1) is 21.1. The molecular weight excluding hydrogens is 361 g/mol. The Bertz CT molecular complexity index is 679. The average Bonchev–Trinajstić information content (AvgIpc) is 2.61. The number of piperidine rings is 1. The highest BCUT2D eigenvalue weighted by molar-refractivity contribution is 5.68. The fourth-order valence-corrected chi connectivity index (χ4v) is 4.15. The van der Waals surface area contributed by atoms with Crippen molar-refractivity contribution >= 4 is 6.09 Å². The molecule has 2 aliphatic rings. The van der Waals surface area contributed by atoms with Crippen LogP contribution in [0.25, 0.3) is 0 Å². The highest BCUT2D eigenvalue weighted by Gasteiger charge is 2.45. The molecular formula is C22H32FNO4. The Balaban J connectivity index is 1.70. The Morgan fingerprint density at radius 2 is 2.04 bits per heavy atom. The molecule has 0 aromatic heterocycles. The van der Waals surface area contributed by atoms with Crippen LogP contribution in [0.2, 0.25) is 0 Å². The molecule has 2 fully saturated rings. The van der Waals surface area contributed by atoms with Gasteiger partial charge in [-0.25, -0.2) is 9.18 Å². The molecule has 2 atom stereocenters. The van der Waals surface area contributed by atoms with Crippen molar-refractivity contribution in [3.05, 3.63) is 35.6 Å². The van der Waals surface area contributed by atoms with E-state index in [0.717, 1.165) is 31.2 Å². The van der Waals surface area contributed by atoms with E-state index in [1.165, 1.54) is 6.07 Å². The molecule has 1 spiro atoms. The molecule has 0 bridgehead atoms. The molecule has 1 aromatic carbocycles. The second-order valence-corrected chi connectivity index (χ2v) is 8.83. The van der Waals surface area contributed by atoms with Gasteiger partial charge in [-0.3, -0.25) is 0 Å². The summed E-state index contributed by atoms with van der Waals surface area (Å²) in [5, 5.41) is 0. The van der Waals surface area contributed by atoms with Gasteiger partial charge in [-0.05, 0) is 58.2 Å². The van der Waals surface area contributed by atoms with Gasteiger partial charge in [0.05, 0.1) is 17.8 Å². The highest BCUT2D eigenvalue weighted by Crippen LogP contribution is 2.44. The largest absolute Gasteiger partial charge is 0.444 e. The van der Waals surface area contributed by atoms with Gasteiger partial charge in [-0.1, -0.05) is 12.1 Å². The molecule has 0 saturated carbocycles. The molecule has 1 amide bonds. The number of amides is 1. The number of ether oxygens (including phenoxy) is 3. The summed E-state index contributed by atoms with van der Waals surface area (Å²) in [6.07, 6.45) is 2.56. The lowest BCUT2D eigenvalue weighted by Crippen LogP contribution is -2.53. The van der Waals surface area contributed by atoms with Gasteiger partial charge >= 0.3 is 6.09 Å². The summed E-state index contributed by atoms with van der Waals surface area (Å²) in [5.41, 5.74) is -0.0118. The van der Waals surface area contributed by atoms with Crippen LogP contribution in [-0.2, 0) is 14.2 Å². The van der Waals surface area contributed by atoms with Gasteiger partial charge in [0, 0.05) is 32.5 Å². The predicted molar refractivity (Wildman–Crippen MR) is 105 cm³/mol. The molecule has 2 saturated heterocycles. The van der Waals surface area contributed by atoms with Gasteiger partial charge < -0.3 is 19.1 Å². The zero-order valence-electron chi connectivity index (χ0n) is 17.4. The second-order valence-electron chi connectivity index (χ2n) is 8.83. The number of hydrogen-bond acceptors (Lipinski definition) is 4. The first-order valence-corrected chi connectivity index (χ1v) is 10.2. The normalized spacial score (nSPS) is 25.0. The summed E-state index contributed by atoms with van der Waals surface area (Å²) in [7, 11) is 0. The van der Waals surface area contributed by atoms with Crippen LogP contribution in [0.3, 0.4) is 0 Å². The van der Waals surface area contributed by atoms with Crippen molar-refractivity contribution in [3.8, 4) is 0 Å². The predicted octanol–water partition coefficient (Wildman–Crippen LogP) is 4.85. The van der Waals surface area contributed by atoms with Crippen LogP contribution < -0.4 is 0 Å². The van der Waals surface area contributed by atoms with Gasteiger partial charge in [0.25, 0.3) is 0 Å². The number of carbonyl (C=O) groups is 1. The minimum absolute atomic E-state index is 0.0695. The van der Waals surface area contributed by atoms with Gasteiger partial charge in [-0.2, -0.15) is 0 Å². The fourth-order valence-electron chi connectivity index (χ4n) is 4.15. The lowest BCUT2D eigenvalue weighted by molar-refractivity contribution is -0.191. The maximum atomic E-state index is 13.7. The molecule has 0 aliphatic carbocycles. The van der Waals surface area contributed by atoms with E-state index in [1.54, 1.807) is 17.0 Å². The van der Waals surface area contributed by atoms with Crippen molar-refractivity contribution in [3.63, 3.8) is 0 Å². The number of nitrogens with zero attached hydrogens (tertiary/aromatic N) is 1. The van der Waals surface area contributed by atoms with E-state index < -0.39 is 5.60 Å². The van der Waals surface area contributed by atoms with Crippen molar-refractivity contribution in [2.75, 3.05) is 19.7 Å². The van der Waals surface area contributed by atoms with Gasteiger partial charge in [0.2, 0.25) is 0 Å². The molecule has 0 radical (unpaired) electrons. The highest BCUT2D eigenvalue weighted by atomic mass is 19.1. The van der Waals surface area contributed by atoms with E-state index in [0.29, 0.717) is 19.7 Å². The van der Waals surface area contributed by atoms with Crippen LogP contribution in [0, 0.1) is 5.82 Å². The average molecular weight is 393 g/mol. The Labute approximate surface area is 167 Å². The number of benzene rings is 1. The Kier molecular flexibility index (Phi) is 6.30. The zero-order chi connectivity index (χ0) is 20.4. The number of hydrogen-bond donors (Lipinski definition) is 0. The molecule has 1 aromatic rings. The maximum absolute atomic E-state index is 13.7. The molecule has 3 rings (SSSR count). The number of rotatable bonds is 3. The van der Waals surface area contributed by atoms with E-state index >= 15 is 0 Å². The summed E-state index contributed by atoms with van der Waals surface area (Å²) in [5.74, 6) is -0.256. The fraction of sp³-hybridized carbons (Fsp3) is 0.682. The minimum Gasteiger partial charge on any atom is -0.444 e. The lowest BCUT2D eigenvalue weighted by Gasteiger charge is -2.48. The van der Waals surface area contributed by atoms with Crippen molar-refractivity contribution in [2.45, 2.75) is 76.8 Å². The molecule has 2 heterocycles. The van der Waals surface area contributed by atoms with Gasteiger partial charge in [0.1, 0.15) is 11.4 Å². The number of carbonyl (C=O) groups excluding carboxylic acids is 1. The molecule has 6 heteroatoms. The van der Waals surface area contributed by atoms with Crippen LogP contribution in [0.4, 0.5) is 9.18 Å². The lowest BCUT2D eigenvalue weighted by atomic mass is 9.81. The molecule has 0 unspecified atom stereocenters. The SMILES string of the molecule is CCO[C@@H]1C[C@H](c2cccc(F)c2)OC2(CCN(C(=O)OC(C)(C)C)CC2)C1. The Morgan fingerprint density at radius 3 is 2.64 bits per heavy atom. The second kappa shape index (κ2) is 8.37. The van der Waals surface area contributed by atoms with Crippen LogP contribution in [-0.4, -0.2) is 48.0 Å². The standard InChI is InChI=1S/C22H32FNO4/c1-5-26-18-14-19(16-7-6-8-17(23)13-16)27-22(15-18)9-11-24(12-10-22)20(25)28-21(2,3)4/h6-8,13,18-19H,5,9-12,14-15H2,1-4H3/t18-,19-/m1/s1. The maximum Gasteiger partial charge on any atom is 0.410 e. The van der Waals surface area contributed by atoms with Gasteiger partial charge in [0.15, 0.2) is 0 Å². The summed E-state index contributed by atoms with van der Waals surface area (Å²) in [4.78, 5) is 14.1. The smallest absolute Gasteiger partial charge is 0.410 e. The summed E-state index contributed by atoms with van der Waals surface area (Å²) in [6, 6.07) is 6.62. The van der Waals surface area contributed by atoms with Crippen LogP contribution in [0.5, 0.6) is 0 Å². The third kappa shape index (κ3) is 5.23. The summed E-state index contributed by atoms with van der Waals surface area (Å²) < 4.78 is 31.7. The van der Waals surface area contributed by atoms with Gasteiger partial charge in [-0.15, -0.1) is 0 Å². The van der Waals surface area contributed by atoms with Crippen molar-refractivity contribution < 1.29 is 23.4 Å². The Hall–Kier alpha value is -1.66. The molecule has 5 nitrogen and oxygen atoms in total. The number of likely N-dealkylation sites (tertiary alicyclic amines) is 1. The molecule has 156 valence electrons. The van der Waals surface area contributed by atoms with E-state index in [-0.39, 0.29) is 29.7 Å². The number of halogens is 1. The van der Waals surface area contributed by atoms with E-state index in [4.69, 9.17) is 14.2 Å². The minimum atomic E-state index is -0.504. The zero-order valence-corrected chi connectivity index (χ0v) is 17.4. The van der Waals surface area contributed by atoms with E-state index in [2.05, 4.69) is 0 Å². The third-order valence-corrected chi connectivity index (χ3v) is 5.42. The quantitative estimate of drug-likeness (QED) is 0.736. The first-order valence-electron chi connectivity index (χ1n) is 10.2. The topological polar surface area (TPSA) is 48.0 Å². The molecule has 28 heavy (non-hydrogen) atoms. The van der Waals surface area contributed by atoms with E-state index in [1.807, 2.05) is 33.8 Å². The summed E-state index contributed by atoms with van der Waals surface area (Å²) in [6.45, 7) is 9.42. The summed E-state index contributed by atoms with van der Waals surface area (Å²) >= 11 is 0.